The van der Waals surface area contributed by atoms with E-state index in [9.17, 15) is 23.1 Å². The highest BCUT2D eigenvalue weighted by molar-refractivity contribution is 14.1. The summed E-state index contributed by atoms with van der Waals surface area (Å²) in [7, 11) is 0. The fourth-order valence-corrected chi connectivity index (χ4v) is 4.50. The van der Waals surface area contributed by atoms with Crippen LogP contribution in [-0.4, -0.2) is 39.6 Å². The van der Waals surface area contributed by atoms with Crippen LogP contribution in [0.4, 0.5) is 24.5 Å². The van der Waals surface area contributed by atoms with E-state index in [0.717, 1.165) is 30.9 Å². The second-order valence-electron chi connectivity index (χ2n) is 8.49. The number of hydrogen-bond donors (Lipinski definition) is 2. The minimum atomic E-state index is -1.27. The number of amides is 1. The normalized spacial score (nSPS) is 14.6. The van der Waals surface area contributed by atoms with Crippen molar-refractivity contribution in [1.82, 2.24) is 9.88 Å². The zero-order chi connectivity index (χ0) is 24.3. The molecule has 0 atom stereocenters. The summed E-state index contributed by atoms with van der Waals surface area (Å²) in [6.45, 7) is 0.185. The quantitative estimate of drug-likeness (QED) is 0.275. The number of aromatic nitrogens is 1. The summed E-state index contributed by atoms with van der Waals surface area (Å²) in [6.07, 6.45) is 6.56. The summed E-state index contributed by atoms with van der Waals surface area (Å²) in [6, 6.07) is 10.2. The number of likely N-dealkylation sites (tertiary alicyclic amines) is 1. The Bertz CT molecular complexity index is 1190. The van der Waals surface area contributed by atoms with Crippen LogP contribution in [0.25, 0.3) is 0 Å². The number of carbonyl (C=O) groups excluding carboxylic acids is 1. The van der Waals surface area contributed by atoms with Crippen LogP contribution in [0.15, 0.2) is 54.9 Å². The Morgan fingerprint density at radius 2 is 1.91 bits per heavy atom. The van der Waals surface area contributed by atoms with E-state index in [4.69, 9.17) is 0 Å². The first kappa shape index (κ1) is 24.5. The van der Waals surface area contributed by atoms with Crippen molar-refractivity contribution in [3.05, 3.63) is 87.0 Å². The van der Waals surface area contributed by atoms with Gasteiger partial charge in [-0.3, -0.25) is 9.78 Å². The Morgan fingerprint density at radius 3 is 2.62 bits per heavy atom. The zero-order valence-corrected chi connectivity index (χ0v) is 20.4. The fraction of sp³-hybridized carbons (Fsp3) is 0.280. The number of pyridine rings is 1. The molecule has 5 nitrogen and oxygen atoms in total. The average Bonchev–Trinajstić information content (AvgIpc) is 2.80. The lowest BCUT2D eigenvalue weighted by Crippen LogP contribution is -2.63. The molecule has 178 valence electrons. The maximum atomic E-state index is 14.6. The van der Waals surface area contributed by atoms with Gasteiger partial charge in [-0.05, 0) is 83.8 Å². The highest BCUT2D eigenvalue weighted by Gasteiger charge is 2.43. The van der Waals surface area contributed by atoms with Crippen LogP contribution >= 0.6 is 22.6 Å². The van der Waals surface area contributed by atoms with Crippen molar-refractivity contribution in [2.45, 2.75) is 31.3 Å². The molecule has 1 fully saturated rings. The maximum absolute atomic E-state index is 14.6. The number of nitrogens with one attached hydrogen (secondary N) is 1. The Morgan fingerprint density at radius 1 is 1.12 bits per heavy atom. The lowest BCUT2D eigenvalue weighted by atomic mass is 9.87. The third-order valence-electron chi connectivity index (χ3n) is 5.85. The molecule has 4 rings (SSSR count). The van der Waals surface area contributed by atoms with E-state index in [2.05, 4.69) is 10.3 Å². The first-order valence-corrected chi connectivity index (χ1v) is 11.9. The van der Waals surface area contributed by atoms with Crippen LogP contribution in [-0.2, 0) is 6.42 Å². The number of benzene rings is 2. The van der Waals surface area contributed by atoms with Crippen LogP contribution in [0.3, 0.4) is 0 Å². The summed E-state index contributed by atoms with van der Waals surface area (Å²) in [4.78, 5) is 18.5. The third-order valence-corrected chi connectivity index (χ3v) is 6.52. The molecule has 0 spiro atoms. The van der Waals surface area contributed by atoms with E-state index in [1.807, 2.05) is 40.9 Å². The zero-order valence-electron chi connectivity index (χ0n) is 18.2. The molecular weight excluding hydrogens is 558 g/mol. The smallest absolute Gasteiger partial charge is 0.256 e. The first-order chi connectivity index (χ1) is 16.3. The van der Waals surface area contributed by atoms with Crippen molar-refractivity contribution in [1.29, 1.82) is 0 Å². The van der Waals surface area contributed by atoms with E-state index in [1.165, 1.54) is 23.1 Å². The molecule has 0 radical (unpaired) electrons. The van der Waals surface area contributed by atoms with Gasteiger partial charge in [0.2, 0.25) is 0 Å². The Kier molecular flexibility index (Phi) is 7.42. The highest BCUT2D eigenvalue weighted by atomic mass is 127. The number of carbonyl (C=O) groups is 1. The van der Waals surface area contributed by atoms with Crippen LogP contribution in [0.5, 0.6) is 0 Å². The van der Waals surface area contributed by atoms with Crippen molar-refractivity contribution >= 4 is 39.9 Å². The van der Waals surface area contributed by atoms with Crippen molar-refractivity contribution < 1.29 is 23.1 Å². The van der Waals surface area contributed by atoms with Crippen LogP contribution < -0.4 is 5.32 Å². The fourth-order valence-electron chi connectivity index (χ4n) is 4.04. The van der Waals surface area contributed by atoms with Crippen molar-refractivity contribution in [3.63, 3.8) is 0 Å². The van der Waals surface area contributed by atoms with Gasteiger partial charge in [-0.1, -0.05) is 12.5 Å². The van der Waals surface area contributed by atoms with Crippen LogP contribution in [0.1, 0.15) is 35.2 Å². The first-order valence-electron chi connectivity index (χ1n) is 10.9. The number of rotatable bonds is 8. The topological polar surface area (TPSA) is 65.5 Å². The Labute approximate surface area is 209 Å². The molecule has 1 saturated heterocycles. The molecule has 0 aliphatic carbocycles. The van der Waals surface area contributed by atoms with Crippen molar-refractivity contribution in [2.75, 3.05) is 18.4 Å². The molecule has 2 aromatic carbocycles. The standard InChI is InChI=1S/C25H23F3IN3O2/c26-19-8-7-18(23(22(19)28)31-21-9-6-17(29)12-20(21)27)24(33)32-14-25(34,15-32)10-2-1-4-16-5-3-11-30-13-16/h3,5-9,11-13,31,34H,1-2,4,10,14-15H2. The third kappa shape index (κ3) is 5.52. The van der Waals surface area contributed by atoms with Gasteiger partial charge >= 0.3 is 0 Å². The van der Waals surface area contributed by atoms with Gasteiger partial charge in [-0.15, -0.1) is 0 Å². The number of aliphatic hydroxyl groups is 1. The molecule has 1 amide bonds. The number of hydrogen-bond acceptors (Lipinski definition) is 4. The second kappa shape index (κ2) is 10.3. The van der Waals surface area contributed by atoms with Crippen LogP contribution in [0, 0.1) is 21.0 Å². The lowest BCUT2D eigenvalue weighted by molar-refractivity contribution is -0.0868. The summed E-state index contributed by atoms with van der Waals surface area (Å²) in [5, 5.41) is 13.3. The molecule has 0 unspecified atom stereocenters. The number of β-amino-alcohol motifs (C(OH)–C–C–N with tert-alkyl or cyclic N) is 1. The minimum absolute atomic E-state index is 0.0762. The Balaban J connectivity index is 1.40. The molecule has 2 N–H and O–H groups in total. The SMILES string of the molecule is O=C(c1ccc(F)c(F)c1Nc1ccc(I)cc1F)N1CC(O)(CCCCc2cccnc2)C1. The van der Waals surface area contributed by atoms with Crippen molar-refractivity contribution in [3.8, 4) is 0 Å². The number of halogens is 4. The number of aryl methyl sites for hydroxylation is 1. The van der Waals surface area contributed by atoms with E-state index in [-0.39, 0.29) is 24.3 Å². The predicted octanol–water partition coefficient (Wildman–Crippen LogP) is 5.45. The van der Waals surface area contributed by atoms with E-state index < -0.39 is 34.6 Å². The van der Waals surface area contributed by atoms with Crippen LogP contribution in [0.2, 0.25) is 0 Å². The average molecular weight is 581 g/mol. The molecule has 2 heterocycles. The monoisotopic (exact) mass is 581 g/mol. The maximum Gasteiger partial charge on any atom is 0.256 e. The van der Waals surface area contributed by atoms with Gasteiger partial charge in [0.15, 0.2) is 11.6 Å². The summed E-state index contributed by atoms with van der Waals surface area (Å²) >= 11 is 1.93. The molecule has 34 heavy (non-hydrogen) atoms. The van der Waals surface area contributed by atoms with Gasteiger partial charge in [0.05, 0.1) is 35.6 Å². The molecule has 1 aliphatic heterocycles. The number of anilines is 2. The summed E-state index contributed by atoms with van der Waals surface area (Å²) in [5.74, 6) is -3.64. The number of nitrogens with zero attached hydrogens (tertiary/aromatic N) is 2. The van der Waals surface area contributed by atoms with Gasteiger partial charge in [0.25, 0.3) is 5.91 Å². The van der Waals surface area contributed by atoms with E-state index in [1.54, 1.807) is 12.3 Å². The number of unbranched alkanes of at least 4 members (excludes halogenated alkanes) is 1. The Hall–Kier alpha value is -2.66. The predicted molar refractivity (Wildman–Crippen MR) is 131 cm³/mol. The van der Waals surface area contributed by atoms with Gasteiger partial charge in [0, 0.05) is 16.0 Å². The molecule has 0 bridgehead atoms. The van der Waals surface area contributed by atoms with Gasteiger partial charge in [-0.2, -0.15) is 0 Å². The highest BCUT2D eigenvalue weighted by Crippen LogP contribution is 2.33. The molecule has 0 saturated carbocycles. The van der Waals surface area contributed by atoms with Gasteiger partial charge in [0.1, 0.15) is 5.82 Å². The molecular formula is C25H23F3IN3O2. The second-order valence-corrected chi connectivity index (χ2v) is 9.73. The van der Waals surface area contributed by atoms with E-state index >= 15 is 0 Å². The molecule has 3 aromatic rings. The summed E-state index contributed by atoms with van der Waals surface area (Å²) in [5.41, 5.74) is -0.526. The lowest BCUT2D eigenvalue weighted by Gasteiger charge is -2.46. The van der Waals surface area contributed by atoms with Gasteiger partial charge < -0.3 is 15.3 Å². The molecule has 1 aliphatic rings. The minimum Gasteiger partial charge on any atom is -0.386 e. The summed E-state index contributed by atoms with van der Waals surface area (Å²) < 4.78 is 43.5. The largest absolute Gasteiger partial charge is 0.386 e. The van der Waals surface area contributed by atoms with Gasteiger partial charge in [-0.25, -0.2) is 13.2 Å². The molecule has 9 heteroatoms. The van der Waals surface area contributed by atoms with Crippen molar-refractivity contribution in [2.24, 2.45) is 0 Å². The molecule has 1 aromatic heterocycles. The van der Waals surface area contributed by atoms with E-state index in [0.29, 0.717) is 9.99 Å².